The second-order valence-electron chi connectivity index (χ2n) is 4.65. The molecule has 1 aromatic carbocycles. The fourth-order valence-corrected chi connectivity index (χ4v) is 2.58. The minimum absolute atomic E-state index is 0.191. The molecule has 0 aliphatic heterocycles. The lowest BCUT2D eigenvalue weighted by Gasteiger charge is -2.08. The van der Waals surface area contributed by atoms with E-state index in [1.165, 1.54) is 17.4 Å². The van der Waals surface area contributed by atoms with Crippen molar-refractivity contribution in [3.05, 3.63) is 57.3 Å². The summed E-state index contributed by atoms with van der Waals surface area (Å²) >= 11 is 1.25. The van der Waals surface area contributed by atoms with Crippen LogP contribution in [0.3, 0.4) is 0 Å². The lowest BCUT2D eigenvalue weighted by atomic mass is 10.1. The molecule has 5 heteroatoms. The minimum atomic E-state index is -1.01. The number of aryl methyl sites for hydroxylation is 2. The number of carboxylic acid groups (broad SMARTS) is 1. The van der Waals surface area contributed by atoms with Crippen molar-refractivity contribution < 1.29 is 14.7 Å². The monoisotopic (exact) mass is 301 g/mol. The van der Waals surface area contributed by atoms with Gasteiger partial charge in [0.15, 0.2) is 0 Å². The Kier molecular flexibility index (Phi) is 4.55. The van der Waals surface area contributed by atoms with Crippen molar-refractivity contribution in [2.24, 2.45) is 0 Å². The van der Waals surface area contributed by atoms with Crippen molar-refractivity contribution in [2.75, 3.05) is 5.32 Å². The van der Waals surface area contributed by atoms with E-state index in [2.05, 4.69) is 5.32 Å². The second-order valence-corrected chi connectivity index (χ2v) is 5.76. The molecule has 2 aromatic rings. The molecule has 1 heterocycles. The van der Waals surface area contributed by atoms with Crippen LogP contribution in [0.25, 0.3) is 6.08 Å². The quantitative estimate of drug-likeness (QED) is 0.846. The molecule has 0 radical (unpaired) electrons. The number of thiophene rings is 1. The van der Waals surface area contributed by atoms with Crippen LogP contribution in [0.2, 0.25) is 0 Å². The van der Waals surface area contributed by atoms with E-state index in [4.69, 9.17) is 5.11 Å². The van der Waals surface area contributed by atoms with Crippen LogP contribution in [-0.2, 0) is 4.79 Å². The number of carbonyl (C=O) groups excluding carboxylic acids is 1. The summed E-state index contributed by atoms with van der Waals surface area (Å²) in [5.41, 5.74) is 2.86. The Bertz CT molecular complexity index is 716. The molecule has 0 saturated carbocycles. The lowest BCUT2D eigenvalue weighted by Crippen LogP contribution is -2.11. The van der Waals surface area contributed by atoms with Crippen LogP contribution >= 0.6 is 11.3 Å². The number of carboxylic acids is 1. The van der Waals surface area contributed by atoms with Gasteiger partial charge in [-0.15, -0.1) is 11.3 Å². The van der Waals surface area contributed by atoms with Crippen LogP contribution in [0.1, 0.15) is 25.7 Å². The van der Waals surface area contributed by atoms with Crippen molar-refractivity contribution in [1.82, 2.24) is 0 Å². The molecule has 0 bridgehead atoms. The van der Waals surface area contributed by atoms with Crippen molar-refractivity contribution in [3.8, 4) is 0 Å². The molecule has 0 aliphatic carbocycles. The molecule has 108 valence electrons. The van der Waals surface area contributed by atoms with Crippen molar-refractivity contribution in [3.63, 3.8) is 0 Å². The maximum atomic E-state index is 12.2. The smallest absolute Gasteiger partial charge is 0.328 e. The average molecular weight is 301 g/mol. The van der Waals surface area contributed by atoms with E-state index >= 15 is 0 Å². The Morgan fingerprint density at radius 3 is 2.67 bits per heavy atom. The van der Waals surface area contributed by atoms with E-state index in [-0.39, 0.29) is 5.91 Å². The molecule has 21 heavy (non-hydrogen) atoms. The van der Waals surface area contributed by atoms with E-state index in [0.29, 0.717) is 4.88 Å². The normalized spacial score (nSPS) is 10.8. The molecule has 0 fully saturated rings. The highest BCUT2D eigenvalue weighted by molar-refractivity contribution is 7.15. The number of carbonyl (C=O) groups is 2. The Hall–Kier alpha value is -2.40. The van der Waals surface area contributed by atoms with Gasteiger partial charge < -0.3 is 10.4 Å². The van der Waals surface area contributed by atoms with E-state index in [1.54, 1.807) is 12.1 Å². The Morgan fingerprint density at radius 2 is 1.95 bits per heavy atom. The topological polar surface area (TPSA) is 66.4 Å². The average Bonchev–Trinajstić information content (AvgIpc) is 2.89. The van der Waals surface area contributed by atoms with Gasteiger partial charge in [-0.1, -0.05) is 12.1 Å². The third-order valence-corrected chi connectivity index (χ3v) is 3.93. The van der Waals surface area contributed by atoms with Crippen LogP contribution in [0.4, 0.5) is 5.69 Å². The largest absolute Gasteiger partial charge is 0.478 e. The zero-order valence-corrected chi connectivity index (χ0v) is 12.5. The highest BCUT2D eigenvalue weighted by Gasteiger charge is 2.10. The first-order valence-electron chi connectivity index (χ1n) is 6.35. The van der Waals surface area contributed by atoms with Gasteiger partial charge in [0.1, 0.15) is 0 Å². The highest BCUT2D eigenvalue weighted by atomic mass is 32.1. The molecule has 0 unspecified atom stereocenters. The van der Waals surface area contributed by atoms with Gasteiger partial charge >= 0.3 is 5.97 Å². The minimum Gasteiger partial charge on any atom is -0.478 e. The molecule has 1 aromatic heterocycles. The zero-order chi connectivity index (χ0) is 15.4. The molecule has 1 amide bonds. The van der Waals surface area contributed by atoms with Gasteiger partial charge in [0.05, 0.1) is 4.88 Å². The van der Waals surface area contributed by atoms with E-state index in [9.17, 15) is 9.59 Å². The Labute approximate surface area is 126 Å². The number of hydrogen-bond donors (Lipinski definition) is 2. The van der Waals surface area contributed by atoms with Crippen molar-refractivity contribution in [2.45, 2.75) is 13.8 Å². The van der Waals surface area contributed by atoms with Gasteiger partial charge in [-0.3, -0.25) is 4.79 Å². The summed E-state index contributed by atoms with van der Waals surface area (Å²) in [7, 11) is 0. The van der Waals surface area contributed by atoms with Gasteiger partial charge in [0.2, 0.25) is 0 Å². The first kappa shape index (κ1) is 15.0. The van der Waals surface area contributed by atoms with Crippen LogP contribution in [0.5, 0.6) is 0 Å². The van der Waals surface area contributed by atoms with Crippen LogP contribution < -0.4 is 5.32 Å². The summed E-state index contributed by atoms with van der Waals surface area (Å²) in [5.74, 6) is -1.20. The number of amides is 1. The SMILES string of the molecule is Cc1ccc(C)c(NC(=O)c2ccc(C=CC(=O)O)s2)c1. The number of rotatable bonds is 4. The van der Waals surface area contributed by atoms with Gasteiger partial charge in [0, 0.05) is 16.6 Å². The van der Waals surface area contributed by atoms with Crippen LogP contribution in [-0.4, -0.2) is 17.0 Å². The zero-order valence-electron chi connectivity index (χ0n) is 11.7. The summed E-state index contributed by atoms with van der Waals surface area (Å²) in [6.45, 7) is 3.90. The lowest BCUT2D eigenvalue weighted by molar-refractivity contribution is -0.131. The number of aliphatic carboxylic acids is 1. The third kappa shape index (κ3) is 4.03. The summed E-state index contributed by atoms with van der Waals surface area (Å²) < 4.78 is 0. The maximum Gasteiger partial charge on any atom is 0.328 e. The van der Waals surface area contributed by atoms with Crippen LogP contribution in [0.15, 0.2) is 36.4 Å². The van der Waals surface area contributed by atoms with Gasteiger partial charge in [-0.25, -0.2) is 4.79 Å². The number of nitrogens with one attached hydrogen (secondary N) is 1. The van der Waals surface area contributed by atoms with E-state index in [0.717, 1.165) is 27.8 Å². The summed E-state index contributed by atoms with van der Waals surface area (Å²) in [6, 6.07) is 9.28. The van der Waals surface area contributed by atoms with Gasteiger partial charge in [-0.05, 0) is 49.2 Å². The van der Waals surface area contributed by atoms with Gasteiger partial charge in [0.25, 0.3) is 5.91 Å². The summed E-state index contributed by atoms with van der Waals surface area (Å²) in [6.07, 6.45) is 2.53. The predicted molar refractivity (Wildman–Crippen MR) is 84.9 cm³/mol. The number of anilines is 1. The fourth-order valence-electron chi connectivity index (χ4n) is 1.77. The first-order chi connectivity index (χ1) is 9.95. The summed E-state index contributed by atoms with van der Waals surface area (Å²) in [4.78, 5) is 23.9. The molecule has 0 atom stereocenters. The highest BCUT2D eigenvalue weighted by Crippen LogP contribution is 2.21. The van der Waals surface area contributed by atoms with Crippen molar-refractivity contribution in [1.29, 1.82) is 0 Å². The number of hydrogen-bond acceptors (Lipinski definition) is 3. The van der Waals surface area contributed by atoms with E-state index < -0.39 is 5.97 Å². The molecule has 0 saturated heterocycles. The third-order valence-electron chi connectivity index (χ3n) is 2.88. The first-order valence-corrected chi connectivity index (χ1v) is 7.17. The van der Waals surface area contributed by atoms with Crippen LogP contribution in [0, 0.1) is 13.8 Å². The molecular formula is C16H15NO3S. The molecule has 0 aliphatic rings. The molecule has 2 N–H and O–H groups in total. The molecule has 4 nitrogen and oxygen atoms in total. The maximum absolute atomic E-state index is 12.2. The standard InChI is InChI=1S/C16H15NO3S/c1-10-3-4-11(2)13(9-10)17-16(20)14-7-5-12(21-14)6-8-15(18)19/h3-9H,1-2H3,(H,17,20)(H,18,19). The molecule has 0 spiro atoms. The van der Waals surface area contributed by atoms with Crippen molar-refractivity contribution >= 4 is 35.0 Å². The second kappa shape index (κ2) is 6.37. The fraction of sp³-hybridized carbons (Fsp3) is 0.125. The molecule has 2 rings (SSSR count). The van der Waals surface area contributed by atoms with E-state index in [1.807, 2.05) is 32.0 Å². The number of benzene rings is 1. The summed E-state index contributed by atoms with van der Waals surface area (Å²) in [5, 5.41) is 11.5. The predicted octanol–water partition coefficient (Wildman–Crippen LogP) is 3.72. The van der Waals surface area contributed by atoms with Gasteiger partial charge in [-0.2, -0.15) is 0 Å². The molecular weight excluding hydrogens is 286 g/mol. The Morgan fingerprint density at radius 1 is 1.19 bits per heavy atom. The Balaban J connectivity index is 2.14.